The van der Waals surface area contributed by atoms with Crippen LogP contribution < -0.4 is 0 Å². The Morgan fingerprint density at radius 2 is 2.18 bits per heavy atom. The number of rotatable bonds is 6. The molecular formula is C9H17NS. The fraction of sp³-hybridized carbons (Fsp3) is 0.778. The summed E-state index contributed by atoms with van der Waals surface area (Å²) in [6.07, 6.45) is 7.53. The first-order chi connectivity index (χ1) is 5.35. The van der Waals surface area contributed by atoms with Gasteiger partial charge < -0.3 is 0 Å². The van der Waals surface area contributed by atoms with Crippen molar-refractivity contribution in [3.8, 4) is 12.3 Å². The molecule has 0 atom stereocenters. The van der Waals surface area contributed by atoms with Crippen molar-refractivity contribution in [3.63, 3.8) is 0 Å². The molecule has 0 heterocycles. The van der Waals surface area contributed by atoms with E-state index in [-0.39, 0.29) is 0 Å². The van der Waals surface area contributed by atoms with Gasteiger partial charge in [0.1, 0.15) is 0 Å². The number of nitrogens with zero attached hydrogens (tertiary/aromatic N) is 1. The van der Waals surface area contributed by atoms with E-state index < -0.39 is 0 Å². The van der Waals surface area contributed by atoms with Crippen molar-refractivity contribution in [2.45, 2.75) is 19.8 Å². The molecule has 0 saturated heterocycles. The molecule has 0 N–H and O–H groups in total. The lowest BCUT2D eigenvalue weighted by Crippen LogP contribution is -2.26. The molecule has 1 nitrogen and oxygen atoms in total. The van der Waals surface area contributed by atoms with Crippen LogP contribution in [0.4, 0.5) is 0 Å². The average molecular weight is 171 g/mol. The smallest absolute Gasteiger partial charge is 0.0598 e. The van der Waals surface area contributed by atoms with Crippen LogP contribution in [0.25, 0.3) is 0 Å². The minimum atomic E-state index is 0.779. The maximum Gasteiger partial charge on any atom is 0.0598 e. The molecule has 0 aromatic heterocycles. The van der Waals surface area contributed by atoms with Crippen LogP contribution in [0.15, 0.2) is 0 Å². The zero-order valence-electron chi connectivity index (χ0n) is 7.21. The number of thiol groups is 1. The molecule has 0 fully saturated rings. The van der Waals surface area contributed by atoms with Gasteiger partial charge in [-0.05, 0) is 31.7 Å². The van der Waals surface area contributed by atoms with Crippen LogP contribution in [-0.2, 0) is 0 Å². The molecule has 0 saturated carbocycles. The lowest BCUT2D eigenvalue weighted by Gasteiger charge is -2.17. The minimum absolute atomic E-state index is 0.779. The molecule has 2 heteroatoms. The maximum atomic E-state index is 5.22. The molecule has 64 valence electrons. The highest BCUT2D eigenvalue weighted by molar-refractivity contribution is 7.80. The Balaban J connectivity index is 3.44. The van der Waals surface area contributed by atoms with Gasteiger partial charge in [-0.3, -0.25) is 4.90 Å². The van der Waals surface area contributed by atoms with Crippen molar-refractivity contribution < 1.29 is 0 Å². The van der Waals surface area contributed by atoms with Gasteiger partial charge in [0.25, 0.3) is 0 Å². The van der Waals surface area contributed by atoms with E-state index in [1.165, 1.54) is 6.42 Å². The van der Waals surface area contributed by atoms with Crippen molar-refractivity contribution in [1.82, 2.24) is 4.90 Å². The van der Waals surface area contributed by atoms with E-state index in [1.807, 2.05) is 0 Å². The summed E-state index contributed by atoms with van der Waals surface area (Å²) in [4.78, 5) is 2.29. The van der Waals surface area contributed by atoms with Crippen LogP contribution in [0.1, 0.15) is 19.8 Å². The fourth-order valence-corrected chi connectivity index (χ4v) is 1.15. The van der Waals surface area contributed by atoms with Gasteiger partial charge in [0, 0.05) is 0 Å². The lowest BCUT2D eigenvalue weighted by atomic mass is 10.3. The van der Waals surface area contributed by atoms with Gasteiger partial charge in [0.05, 0.1) is 6.54 Å². The second-order valence-corrected chi connectivity index (χ2v) is 3.00. The Labute approximate surface area is 75.6 Å². The van der Waals surface area contributed by atoms with E-state index in [0.717, 1.165) is 31.8 Å². The summed E-state index contributed by atoms with van der Waals surface area (Å²) in [7, 11) is 0. The Hall–Kier alpha value is -0.130. The third-order valence-electron chi connectivity index (χ3n) is 1.49. The van der Waals surface area contributed by atoms with Crippen molar-refractivity contribution in [2.24, 2.45) is 0 Å². The normalized spacial score (nSPS) is 10.0. The third kappa shape index (κ3) is 6.28. The van der Waals surface area contributed by atoms with Crippen LogP contribution in [0.3, 0.4) is 0 Å². The predicted molar refractivity (Wildman–Crippen MR) is 54.0 cm³/mol. The van der Waals surface area contributed by atoms with Gasteiger partial charge >= 0.3 is 0 Å². The standard InChI is InChI=1S/C9H17NS/c1-3-6-10(7-4-2)8-5-9-11/h1,11H,4-9H2,2H3. The molecule has 0 rings (SSSR count). The molecule has 0 aliphatic carbocycles. The van der Waals surface area contributed by atoms with Crippen molar-refractivity contribution in [3.05, 3.63) is 0 Å². The Morgan fingerprint density at radius 3 is 2.64 bits per heavy atom. The second kappa shape index (κ2) is 7.97. The van der Waals surface area contributed by atoms with E-state index in [2.05, 4.69) is 30.4 Å². The van der Waals surface area contributed by atoms with E-state index in [4.69, 9.17) is 6.42 Å². The highest BCUT2D eigenvalue weighted by Gasteiger charge is 1.99. The molecule has 0 unspecified atom stereocenters. The molecular weight excluding hydrogens is 154 g/mol. The highest BCUT2D eigenvalue weighted by Crippen LogP contribution is 1.94. The molecule has 0 aliphatic rings. The first kappa shape index (κ1) is 10.9. The summed E-state index contributed by atoms with van der Waals surface area (Å²) in [6.45, 7) is 5.14. The fourth-order valence-electron chi connectivity index (χ4n) is 1.01. The molecule has 0 aromatic rings. The number of terminal acetylenes is 1. The van der Waals surface area contributed by atoms with Gasteiger partial charge in [-0.15, -0.1) is 6.42 Å². The van der Waals surface area contributed by atoms with Crippen molar-refractivity contribution >= 4 is 12.6 Å². The second-order valence-electron chi connectivity index (χ2n) is 2.56. The summed E-state index contributed by atoms with van der Waals surface area (Å²) in [5.41, 5.74) is 0. The molecule has 0 aliphatic heterocycles. The van der Waals surface area contributed by atoms with Gasteiger partial charge in [0.2, 0.25) is 0 Å². The van der Waals surface area contributed by atoms with Crippen LogP contribution in [0, 0.1) is 12.3 Å². The van der Waals surface area contributed by atoms with Crippen LogP contribution in [0.5, 0.6) is 0 Å². The van der Waals surface area contributed by atoms with Crippen molar-refractivity contribution in [1.29, 1.82) is 0 Å². The van der Waals surface area contributed by atoms with E-state index in [1.54, 1.807) is 0 Å². The number of hydrogen-bond donors (Lipinski definition) is 1. The summed E-state index contributed by atoms with van der Waals surface area (Å²) in [5.74, 6) is 3.61. The molecule has 0 aromatic carbocycles. The quantitative estimate of drug-likeness (QED) is 0.470. The SMILES string of the molecule is C#CCN(CCC)CCCS. The molecule has 0 radical (unpaired) electrons. The van der Waals surface area contributed by atoms with E-state index >= 15 is 0 Å². The van der Waals surface area contributed by atoms with Crippen LogP contribution in [-0.4, -0.2) is 30.3 Å². The summed E-state index contributed by atoms with van der Waals surface area (Å²) < 4.78 is 0. The van der Waals surface area contributed by atoms with Gasteiger partial charge in [0.15, 0.2) is 0 Å². The first-order valence-electron chi connectivity index (χ1n) is 4.11. The monoisotopic (exact) mass is 171 g/mol. The summed E-state index contributed by atoms with van der Waals surface area (Å²) >= 11 is 4.15. The molecule has 0 amide bonds. The van der Waals surface area contributed by atoms with Gasteiger partial charge in [-0.25, -0.2) is 0 Å². The van der Waals surface area contributed by atoms with Crippen LogP contribution in [0.2, 0.25) is 0 Å². The molecule has 0 bridgehead atoms. The Morgan fingerprint density at radius 1 is 1.45 bits per heavy atom. The Bertz CT molecular complexity index is 117. The first-order valence-corrected chi connectivity index (χ1v) is 4.75. The maximum absolute atomic E-state index is 5.22. The van der Waals surface area contributed by atoms with Gasteiger partial charge in [-0.2, -0.15) is 12.6 Å². The molecule has 11 heavy (non-hydrogen) atoms. The summed E-state index contributed by atoms with van der Waals surface area (Å²) in [6, 6.07) is 0. The summed E-state index contributed by atoms with van der Waals surface area (Å²) in [5, 5.41) is 0. The van der Waals surface area contributed by atoms with Crippen molar-refractivity contribution in [2.75, 3.05) is 25.4 Å². The lowest BCUT2D eigenvalue weighted by molar-refractivity contribution is 0.309. The average Bonchev–Trinajstić information content (AvgIpc) is 2.01. The van der Waals surface area contributed by atoms with E-state index in [9.17, 15) is 0 Å². The highest BCUT2D eigenvalue weighted by atomic mass is 32.1. The zero-order chi connectivity index (χ0) is 8.53. The van der Waals surface area contributed by atoms with Gasteiger partial charge in [-0.1, -0.05) is 12.8 Å². The third-order valence-corrected chi connectivity index (χ3v) is 1.80. The number of hydrogen-bond acceptors (Lipinski definition) is 2. The predicted octanol–water partition coefficient (Wildman–Crippen LogP) is 1.65. The topological polar surface area (TPSA) is 3.24 Å². The zero-order valence-corrected chi connectivity index (χ0v) is 8.11. The van der Waals surface area contributed by atoms with E-state index in [0.29, 0.717) is 0 Å². The van der Waals surface area contributed by atoms with Crippen LogP contribution >= 0.6 is 12.6 Å². The Kier molecular flexibility index (Phi) is 7.88. The minimum Gasteiger partial charge on any atom is -0.292 e. The largest absolute Gasteiger partial charge is 0.292 e. The molecule has 0 spiro atoms.